The first kappa shape index (κ1) is 20.9. The Morgan fingerprint density at radius 1 is 1.04 bits per heavy atom. The lowest BCUT2D eigenvalue weighted by molar-refractivity contribution is 0.336. The highest BCUT2D eigenvalue weighted by Crippen LogP contribution is 2.29. The fourth-order valence-corrected chi connectivity index (χ4v) is 2.20. The molecule has 0 unspecified atom stereocenters. The number of aliphatic imine (C=N–C) groups is 1. The Morgan fingerprint density at radius 3 is 2.44 bits per heavy atom. The van der Waals surface area contributed by atoms with Gasteiger partial charge < -0.3 is 25.3 Å². The second-order valence-electron chi connectivity index (χ2n) is 4.94. The van der Waals surface area contributed by atoms with Crippen molar-refractivity contribution in [1.82, 2.24) is 0 Å². The molecule has 0 aliphatic carbocycles. The van der Waals surface area contributed by atoms with Crippen molar-refractivity contribution in [3.63, 3.8) is 0 Å². The van der Waals surface area contributed by atoms with Crippen LogP contribution in [0.1, 0.15) is 12.5 Å². The van der Waals surface area contributed by atoms with Crippen molar-refractivity contribution in [3.05, 3.63) is 48.0 Å². The molecule has 6 nitrogen and oxygen atoms in total. The van der Waals surface area contributed by atoms with Crippen molar-refractivity contribution in [3.8, 4) is 17.2 Å². The van der Waals surface area contributed by atoms with Crippen LogP contribution in [0.4, 0.5) is 5.69 Å². The van der Waals surface area contributed by atoms with Crippen LogP contribution in [0, 0.1) is 0 Å². The zero-order chi connectivity index (χ0) is 17.4. The molecule has 25 heavy (non-hydrogen) atoms. The van der Waals surface area contributed by atoms with E-state index >= 15 is 0 Å². The fourth-order valence-electron chi connectivity index (χ4n) is 2.20. The van der Waals surface area contributed by atoms with Gasteiger partial charge in [-0.25, -0.2) is 4.99 Å². The van der Waals surface area contributed by atoms with Crippen LogP contribution >= 0.6 is 24.0 Å². The van der Waals surface area contributed by atoms with Gasteiger partial charge in [-0.05, 0) is 25.1 Å². The third-order valence-electron chi connectivity index (χ3n) is 3.35. The molecule has 0 radical (unpaired) electrons. The number of rotatable bonds is 7. The van der Waals surface area contributed by atoms with Crippen molar-refractivity contribution >= 4 is 35.6 Å². The maximum atomic E-state index is 5.97. The van der Waals surface area contributed by atoms with Crippen LogP contribution in [0.3, 0.4) is 0 Å². The second-order valence-corrected chi connectivity index (χ2v) is 4.94. The number of hydrogen-bond donors (Lipinski definition) is 2. The summed E-state index contributed by atoms with van der Waals surface area (Å²) in [6.45, 7) is 3.00. The SMILES string of the molecule is CCOc1ccccc1CN=C(N)Nc1ccc(OC)c(OC)c1.I. The van der Waals surface area contributed by atoms with E-state index in [0.717, 1.165) is 17.0 Å². The number of hydrogen-bond acceptors (Lipinski definition) is 4. The highest BCUT2D eigenvalue weighted by Gasteiger charge is 2.06. The number of para-hydroxylation sites is 1. The topological polar surface area (TPSA) is 78.1 Å². The zero-order valence-electron chi connectivity index (χ0n) is 14.6. The Hall–Kier alpha value is -2.16. The molecule has 7 heteroatoms. The minimum Gasteiger partial charge on any atom is -0.494 e. The van der Waals surface area contributed by atoms with Gasteiger partial charge in [-0.15, -0.1) is 24.0 Å². The lowest BCUT2D eigenvalue weighted by Gasteiger charge is -2.11. The summed E-state index contributed by atoms with van der Waals surface area (Å²) in [6, 6.07) is 13.2. The van der Waals surface area contributed by atoms with E-state index < -0.39 is 0 Å². The standard InChI is InChI=1S/C18H23N3O3.HI/c1-4-24-15-8-6-5-7-13(15)12-20-18(19)21-14-9-10-16(22-2)17(11-14)23-3;/h5-11H,4,12H2,1-3H3,(H3,19,20,21);1H. The molecular weight excluding hydrogens is 433 g/mol. The van der Waals surface area contributed by atoms with Crippen LogP contribution in [0.15, 0.2) is 47.5 Å². The summed E-state index contributed by atoms with van der Waals surface area (Å²) in [5.41, 5.74) is 7.72. The summed E-state index contributed by atoms with van der Waals surface area (Å²) in [5.74, 6) is 2.41. The number of benzene rings is 2. The lowest BCUT2D eigenvalue weighted by Crippen LogP contribution is -2.22. The van der Waals surface area contributed by atoms with E-state index in [1.807, 2.05) is 37.3 Å². The first-order valence-electron chi connectivity index (χ1n) is 7.67. The molecular formula is C18H24IN3O3. The Morgan fingerprint density at radius 2 is 1.76 bits per heavy atom. The number of nitrogens with two attached hydrogens (primary N) is 1. The van der Waals surface area contributed by atoms with Gasteiger partial charge in [0.2, 0.25) is 0 Å². The predicted octanol–water partition coefficient (Wildman–Crippen LogP) is 3.65. The largest absolute Gasteiger partial charge is 0.494 e. The van der Waals surface area contributed by atoms with E-state index in [2.05, 4.69) is 10.3 Å². The maximum Gasteiger partial charge on any atom is 0.193 e. The van der Waals surface area contributed by atoms with E-state index in [1.165, 1.54) is 0 Å². The molecule has 0 atom stereocenters. The number of anilines is 1. The van der Waals surface area contributed by atoms with Gasteiger partial charge in [0.05, 0.1) is 27.4 Å². The summed E-state index contributed by atoms with van der Waals surface area (Å²) in [7, 11) is 3.18. The molecule has 0 aliphatic heterocycles. The molecule has 0 heterocycles. The number of nitrogens with zero attached hydrogens (tertiary/aromatic N) is 1. The van der Waals surface area contributed by atoms with E-state index in [1.54, 1.807) is 26.4 Å². The van der Waals surface area contributed by atoms with Gasteiger partial charge in [0, 0.05) is 17.3 Å². The third-order valence-corrected chi connectivity index (χ3v) is 3.35. The molecule has 3 N–H and O–H groups in total. The Bertz CT molecular complexity index is 708. The van der Waals surface area contributed by atoms with Crippen molar-refractivity contribution in [2.75, 3.05) is 26.1 Å². The molecule has 0 aromatic heterocycles. The zero-order valence-corrected chi connectivity index (χ0v) is 16.9. The number of nitrogens with one attached hydrogen (secondary N) is 1. The van der Waals surface area contributed by atoms with Crippen LogP contribution in [0.5, 0.6) is 17.2 Å². The molecule has 0 saturated carbocycles. The fraction of sp³-hybridized carbons (Fsp3) is 0.278. The van der Waals surface area contributed by atoms with E-state index in [-0.39, 0.29) is 24.0 Å². The van der Waals surface area contributed by atoms with Gasteiger partial charge in [0.15, 0.2) is 17.5 Å². The van der Waals surface area contributed by atoms with Crippen molar-refractivity contribution in [2.45, 2.75) is 13.5 Å². The monoisotopic (exact) mass is 457 g/mol. The van der Waals surface area contributed by atoms with Crippen molar-refractivity contribution < 1.29 is 14.2 Å². The molecule has 0 saturated heterocycles. The van der Waals surface area contributed by atoms with Gasteiger partial charge in [-0.3, -0.25) is 0 Å². The number of ether oxygens (including phenoxy) is 3. The highest BCUT2D eigenvalue weighted by molar-refractivity contribution is 14.0. The minimum atomic E-state index is 0. The number of methoxy groups -OCH3 is 2. The smallest absolute Gasteiger partial charge is 0.193 e. The predicted molar refractivity (Wildman–Crippen MR) is 112 cm³/mol. The van der Waals surface area contributed by atoms with Crippen LogP contribution in [-0.4, -0.2) is 26.8 Å². The molecule has 0 bridgehead atoms. The average Bonchev–Trinajstić information content (AvgIpc) is 2.61. The Kier molecular flexibility index (Phi) is 8.90. The van der Waals surface area contributed by atoms with Crippen LogP contribution in [0.25, 0.3) is 0 Å². The summed E-state index contributed by atoms with van der Waals surface area (Å²) in [6.07, 6.45) is 0. The minimum absolute atomic E-state index is 0. The lowest BCUT2D eigenvalue weighted by atomic mass is 10.2. The van der Waals surface area contributed by atoms with Gasteiger partial charge in [-0.2, -0.15) is 0 Å². The Balaban J connectivity index is 0.00000312. The van der Waals surface area contributed by atoms with Gasteiger partial charge in [-0.1, -0.05) is 18.2 Å². The maximum absolute atomic E-state index is 5.97. The molecule has 0 aliphatic rings. The van der Waals surface area contributed by atoms with Crippen molar-refractivity contribution in [1.29, 1.82) is 0 Å². The molecule has 2 aromatic rings. The van der Waals surface area contributed by atoms with Crippen LogP contribution in [0.2, 0.25) is 0 Å². The molecule has 0 spiro atoms. The summed E-state index contributed by atoms with van der Waals surface area (Å²) in [5, 5.41) is 3.04. The molecule has 2 rings (SSSR count). The van der Waals surface area contributed by atoms with Crippen molar-refractivity contribution in [2.24, 2.45) is 10.7 Å². The highest BCUT2D eigenvalue weighted by atomic mass is 127. The average molecular weight is 457 g/mol. The normalized spacial score (nSPS) is 10.6. The third kappa shape index (κ3) is 6.00. The van der Waals surface area contributed by atoms with E-state index in [9.17, 15) is 0 Å². The quantitative estimate of drug-likeness (QED) is 0.377. The Labute approximate surface area is 165 Å². The van der Waals surface area contributed by atoms with Crippen LogP contribution < -0.4 is 25.3 Å². The first-order valence-corrected chi connectivity index (χ1v) is 7.67. The van der Waals surface area contributed by atoms with Gasteiger partial charge in [0.25, 0.3) is 0 Å². The van der Waals surface area contributed by atoms with Gasteiger partial charge in [0.1, 0.15) is 5.75 Å². The first-order chi connectivity index (χ1) is 11.7. The van der Waals surface area contributed by atoms with E-state index in [0.29, 0.717) is 30.6 Å². The summed E-state index contributed by atoms with van der Waals surface area (Å²) >= 11 is 0. The summed E-state index contributed by atoms with van der Waals surface area (Å²) < 4.78 is 16.1. The molecule has 0 fully saturated rings. The second kappa shape index (κ2) is 10.7. The van der Waals surface area contributed by atoms with Crippen LogP contribution in [-0.2, 0) is 6.54 Å². The molecule has 2 aromatic carbocycles. The van der Waals surface area contributed by atoms with Gasteiger partial charge >= 0.3 is 0 Å². The number of guanidine groups is 1. The number of halogens is 1. The molecule has 0 amide bonds. The summed E-state index contributed by atoms with van der Waals surface area (Å²) in [4.78, 5) is 4.36. The van der Waals surface area contributed by atoms with E-state index in [4.69, 9.17) is 19.9 Å². The molecule has 136 valence electrons.